The zero-order chi connectivity index (χ0) is 43.6. The Hall–Kier alpha value is -8.17. The fourth-order valence-corrected chi connectivity index (χ4v) is 14.7. The molecule has 4 nitrogen and oxygen atoms in total. The van der Waals surface area contributed by atoms with E-state index in [0.29, 0.717) is 0 Å². The number of para-hydroxylation sites is 4. The second kappa shape index (κ2) is 13.9. The second-order valence-corrected chi connectivity index (χ2v) is 20.2. The van der Waals surface area contributed by atoms with Crippen LogP contribution in [0.1, 0.15) is 22.3 Å². The Balaban J connectivity index is 1.09. The first-order chi connectivity index (χ1) is 32.6. The van der Waals surface area contributed by atoms with Gasteiger partial charge in [-0.15, -0.1) is 0 Å². The zero-order valence-electron chi connectivity index (χ0n) is 35.7. The summed E-state index contributed by atoms with van der Waals surface area (Å²) in [5.74, 6) is 0. The van der Waals surface area contributed by atoms with Crippen molar-refractivity contribution in [3.8, 4) is 16.8 Å². The fraction of sp³-hybridized carbons (Fsp3) is 0.0164. The SMILES string of the molecule is O=P1(c2ccccc2)c2ccccc2C2(c3ccccc3-n3c4ccccc4c4cccc2c43)c2ccc(N(c3ccc(-c4ccccc4)cc3)c3ccc4oc5ccccc5c4c3)cc21. The molecule has 310 valence electrons. The number of fused-ring (bicyclic) bond motifs is 14. The summed E-state index contributed by atoms with van der Waals surface area (Å²) >= 11 is 0. The molecule has 10 aromatic carbocycles. The van der Waals surface area contributed by atoms with E-state index in [2.05, 4.69) is 210 Å². The smallest absolute Gasteiger partial charge is 0.171 e. The first kappa shape index (κ1) is 37.2. The molecule has 2 aromatic heterocycles. The Kier molecular flexibility index (Phi) is 7.85. The maximum absolute atomic E-state index is 17.1. The number of benzene rings is 10. The van der Waals surface area contributed by atoms with E-state index in [-0.39, 0.29) is 0 Å². The molecule has 0 radical (unpaired) electrons. The van der Waals surface area contributed by atoms with Gasteiger partial charge >= 0.3 is 0 Å². The van der Waals surface area contributed by atoms with Crippen LogP contribution in [-0.4, -0.2) is 4.57 Å². The number of rotatable bonds is 5. The third-order valence-corrected chi connectivity index (χ3v) is 17.4. The molecule has 0 N–H and O–H groups in total. The van der Waals surface area contributed by atoms with Crippen LogP contribution >= 0.6 is 7.14 Å². The normalized spacial score (nSPS) is 17.0. The van der Waals surface area contributed by atoms with Crippen LogP contribution in [0.15, 0.2) is 241 Å². The molecule has 0 saturated heterocycles. The average Bonchev–Trinajstić information content (AvgIpc) is 3.94. The quantitative estimate of drug-likeness (QED) is 0.162. The number of nitrogens with zero attached hydrogens (tertiary/aromatic N) is 2. The van der Waals surface area contributed by atoms with Gasteiger partial charge in [-0.3, -0.25) is 0 Å². The van der Waals surface area contributed by atoms with Crippen LogP contribution in [0.4, 0.5) is 17.1 Å². The minimum absolute atomic E-state index is 0.801. The highest BCUT2D eigenvalue weighted by atomic mass is 31.2. The van der Waals surface area contributed by atoms with Crippen LogP contribution in [0.5, 0.6) is 0 Å². The van der Waals surface area contributed by atoms with Crippen LogP contribution < -0.4 is 20.8 Å². The largest absolute Gasteiger partial charge is 0.456 e. The fourth-order valence-electron chi connectivity index (χ4n) is 11.5. The molecule has 12 aromatic rings. The topological polar surface area (TPSA) is 38.4 Å². The summed E-state index contributed by atoms with van der Waals surface area (Å²) in [5, 5.41) is 7.03. The molecule has 2 unspecified atom stereocenters. The van der Waals surface area contributed by atoms with Gasteiger partial charge in [-0.25, -0.2) is 0 Å². The lowest BCUT2D eigenvalue weighted by Crippen LogP contribution is -2.48. The van der Waals surface area contributed by atoms with Crippen LogP contribution in [-0.2, 0) is 9.98 Å². The van der Waals surface area contributed by atoms with Crippen molar-refractivity contribution < 1.29 is 8.98 Å². The summed E-state index contributed by atoms with van der Waals surface area (Å²) in [6.07, 6.45) is 0. The first-order valence-electron chi connectivity index (χ1n) is 22.5. The Labute approximate surface area is 381 Å². The van der Waals surface area contributed by atoms with Crippen molar-refractivity contribution in [3.63, 3.8) is 0 Å². The van der Waals surface area contributed by atoms with Crippen molar-refractivity contribution in [1.82, 2.24) is 4.57 Å². The minimum atomic E-state index is -3.55. The maximum atomic E-state index is 17.1. The highest BCUT2D eigenvalue weighted by molar-refractivity contribution is 7.85. The molecule has 0 fully saturated rings. The third-order valence-electron chi connectivity index (χ3n) is 14.2. The number of hydrogen-bond donors (Lipinski definition) is 0. The summed E-state index contributed by atoms with van der Waals surface area (Å²) in [7, 11) is -3.55. The van der Waals surface area contributed by atoms with E-state index >= 15 is 4.57 Å². The van der Waals surface area contributed by atoms with Gasteiger partial charge in [0.1, 0.15) is 11.2 Å². The highest BCUT2D eigenvalue weighted by Gasteiger charge is 2.54. The lowest BCUT2D eigenvalue weighted by atomic mass is 9.62. The Bertz CT molecular complexity index is 3980. The summed E-state index contributed by atoms with van der Waals surface area (Å²) in [6.45, 7) is 0. The van der Waals surface area contributed by atoms with E-state index in [9.17, 15) is 0 Å². The van der Waals surface area contributed by atoms with Gasteiger partial charge in [0, 0.05) is 54.5 Å². The van der Waals surface area contributed by atoms with Gasteiger partial charge in [-0.05, 0) is 94.0 Å². The number of hydrogen-bond acceptors (Lipinski definition) is 3. The monoisotopic (exact) mass is 862 g/mol. The van der Waals surface area contributed by atoms with E-state index in [1.807, 2.05) is 36.4 Å². The Morgan fingerprint density at radius 2 is 1.00 bits per heavy atom. The van der Waals surface area contributed by atoms with Crippen molar-refractivity contribution in [2.24, 2.45) is 0 Å². The van der Waals surface area contributed by atoms with Crippen molar-refractivity contribution in [1.29, 1.82) is 0 Å². The molecule has 0 amide bonds. The van der Waals surface area contributed by atoms with E-state index in [1.165, 1.54) is 27.4 Å². The number of anilines is 3. The molecular weight excluding hydrogens is 824 g/mol. The van der Waals surface area contributed by atoms with E-state index < -0.39 is 12.6 Å². The first-order valence-corrected chi connectivity index (χ1v) is 24.2. The summed E-state index contributed by atoms with van der Waals surface area (Å²) in [5.41, 5.74) is 14.0. The molecule has 0 bridgehead atoms. The molecule has 14 rings (SSSR count). The van der Waals surface area contributed by atoms with Gasteiger partial charge in [0.05, 0.1) is 22.1 Å². The number of aromatic nitrogens is 1. The van der Waals surface area contributed by atoms with Crippen molar-refractivity contribution >= 4 is 83.9 Å². The van der Waals surface area contributed by atoms with Crippen molar-refractivity contribution in [2.45, 2.75) is 5.41 Å². The molecule has 2 aliphatic rings. The Morgan fingerprint density at radius 3 is 1.85 bits per heavy atom. The minimum Gasteiger partial charge on any atom is -0.456 e. The summed E-state index contributed by atoms with van der Waals surface area (Å²) < 4.78 is 26.0. The van der Waals surface area contributed by atoms with Crippen LogP contribution in [0, 0.1) is 0 Å². The van der Waals surface area contributed by atoms with Crippen molar-refractivity contribution in [3.05, 3.63) is 259 Å². The summed E-state index contributed by atoms with van der Waals surface area (Å²) in [4.78, 5) is 2.31. The predicted molar refractivity (Wildman–Crippen MR) is 273 cm³/mol. The van der Waals surface area contributed by atoms with Gasteiger partial charge in [-0.1, -0.05) is 176 Å². The average molecular weight is 863 g/mol. The highest BCUT2D eigenvalue weighted by Crippen LogP contribution is 2.61. The zero-order valence-corrected chi connectivity index (χ0v) is 36.6. The lowest BCUT2D eigenvalue weighted by molar-refractivity contribution is 0.590. The molecule has 5 heteroatoms. The second-order valence-electron chi connectivity index (χ2n) is 17.5. The molecule has 2 atom stereocenters. The molecule has 0 aliphatic carbocycles. The van der Waals surface area contributed by atoms with E-state index in [4.69, 9.17) is 4.42 Å². The van der Waals surface area contributed by atoms with Crippen LogP contribution in [0.25, 0.3) is 60.6 Å². The maximum Gasteiger partial charge on any atom is 0.171 e. The lowest BCUT2D eigenvalue weighted by Gasteiger charge is -2.47. The molecule has 0 saturated carbocycles. The summed E-state index contributed by atoms with van der Waals surface area (Å²) in [6, 6.07) is 83.8. The predicted octanol–water partition coefficient (Wildman–Crippen LogP) is 14.5. The number of furan rings is 1. The Morgan fingerprint density at radius 1 is 0.409 bits per heavy atom. The van der Waals surface area contributed by atoms with Gasteiger partial charge < -0.3 is 18.4 Å². The molecule has 2 aliphatic heterocycles. The molecule has 1 spiro atoms. The van der Waals surface area contributed by atoms with Gasteiger partial charge in [-0.2, -0.15) is 0 Å². The van der Waals surface area contributed by atoms with Crippen molar-refractivity contribution in [2.75, 3.05) is 4.90 Å². The standard InChI is InChI=1S/C61H39N2O2P/c64-66(45-18-5-2-6-19-45)58-29-14-10-24-51(58)61(50-23-9-12-27-55(50)63-54-26-11-7-20-46(54)48-22-15-25-53(61)60(48)63)52-36-34-44(39-59(52)66)62(42-32-30-41(31-33-42)40-16-3-1-4-17-40)43-35-37-57-49(38-43)47-21-8-13-28-56(47)65-57/h1-39H. The third kappa shape index (κ3) is 4.97. The van der Waals surface area contributed by atoms with Crippen LogP contribution in [0.3, 0.4) is 0 Å². The molecule has 4 heterocycles. The van der Waals surface area contributed by atoms with E-state index in [1.54, 1.807) is 0 Å². The molecular formula is C61H39N2O2P. The van der Waals surface area contributed by atoms with E-state index in [0.717, 1.165) is 88.4 Å². The molecule has 66 heavy (non-hydrogen) atoms. The van der Waals surface area contributed by atoms with Gasteiger partial charge in [0.2, 0.25) is 0 Å². The van der Waals surface area contributed by atoms with Crippen LogP contribution in [0.2, 0.25) is 0 Å². The van der Waals surface area contributed by atoms with Gasteiger partial charge in [0.25, 0.3) is 0 Å². The van der Waals surface area contributed by atoms with Gasteiger partial charge in [0.15, 0.2) is 7.14 Å².